The summed E-state index contributed by atoms with van der Waals surface area (Å²) in [5.74, 6) is 1.46. The number of halogens is 3. The number of carbonyl (C=O) groups excluding carboxylic acids is 1. The average molecular weight is 488 g/mol. The van der Waals surface area contributed by atoms with Gasteiger partial charge in [-0.3, -0.25) is 4.79 Å². The predicted octanol–water partition coefficient (Wildman–Crippen LogP) is 5.50. The lowest BCUT2D eigenvalue weighted by molar-refractivity contribution is -0.127. The van der Waals surface area contributed by atoms with E-state index in [1.54, 1.807) is 0 Å². The van der Waals surface area contributed by atoms with Gasteiger partial charge in [0, 0.05) is 31.1 Å². The summed E-state index contributed by atoms with van der Waals surface area (Å²) in [5, 5.41) is 4.63. The molecule has 170 valence electrons. The van der Waals surface area contributed by atoms with Crippen LogP contribution in [0.4, 0.5) is 0 Å². The quantitative estimate of drug-likeness (QED) is 0.426. The summed E-state index contributed by atoms with van der Waals surface area (Å²) in [7, 11) is 0. The summed E-state index contributed by atoms with van der Waals surface area (Å²) in [4.78, 5) is 13.6. The lowest BCUT2D eigenvalue weighted by atomic mass is 10.2. The van der Waals surface area contributed by atoms with E-state index in [2.05, 4.69) is 5.32 Å². The van der Waals surface area contributed by atoms with Crippen molar-refractivity contribution in [2.24, 2.45) is 0 Å². The molecule has 1 fully saturated rings. The molecule has 0 unspecified atom stereocenters. The average Bonchev–Trinajstić information content (AvgIpc) is 3.13. The summed E-state index contributed by atoms with van der Waals surface area (Å²) in [6.45, 7) is 6.04. The zero-order valence-electron chi connectivity index (χ0n) is 17.7. The van der Waals surface area contributed by atoms with Crippen LogP contribution in [0.3, 0.4) is 0 Å². The minimum atomic E-state index is 0. The monoisotopic (exact) mass is 486 g/mol. The number of likely N-dealkylation sites (tertiary alicyclic amines) is 1. The van der Waals surface area contributed by atoms with Gasteiger partial charge in [0.25, 0.3) is 0 Å². The van der Waals surface area contributed by atoms with Gasteiger partial charge in [0.2, 0.25) is 5.91 Å². The molecular formula is C23H29Cl3N2O3. The molecular weight excluding hydrogens is 459 g/mol. The lowest BCUT2D eigenvalue weighted by Gasteiger charge is -2.17. The Bertz CT molecular complexity index is 847. The maximum absolute atomic E-state index is 11.6. The van der Waals surface area contributed by atoms with Crippen molar-refractivity contribution in [3.8, 4) is 11.5 Å². The minimum absolute atomic E-state index is 0. The Hall–Kier alpha value is -1.66. The highest BCUT2D eigenvalue weighted by Gasteiger charge is 2.19. The Morgan fingerprint density at radius 3 is 2.55 bits per heavy atom. The van der Waals surface area contributed by atoms with Gasteiger partial charge >= 0.3 is 0 Å². The first kappa shape index (κ1) is 25.6. The van der Waals surface area contributed by atoms with Gasteiger partial charge in [0.1, 0.15) is 6.61 Å². The third kappa shape index (κ3) is 7.76. The van der Waals surface area contributed by atoms with Crippen LogP contribution < -0.4 is 14.8 Å². The molecule has 0 atom stereocenters. The number of hydrogen-bond acceptors (Lipinski definition) is 4. The van der Waals surface area contributed by atoms with Gasteiger partial charge in [-0.15, -0.1) is 12.4 Å². The highest BCUT2D eigenvalue weighted by Crippen LogP contribution is 2.37. The minimum Gasteiger partial charge on any atom is -0.490 e. The van der Waals surface area contributed by atoms with Crippen LogP contribution in [0.2, 0.25) is 10.0 Å². The number of nitrogens with one attached hydrogen (secondary N) is 1. The first-order chi connectivity index (χ1) is 14.6. The van der Waals surface area contributed by atoms with Gasteiger partial charge in [-0.1, -0.05) is 35.3 Å². The van der Waals surface area contributed by atoms with Crippen molar-refractivity contribution in [3.05, 3.63) is 57.6 Å². The van der Waals surface area contributed by atoms with E-state index in [1.807, 2.05) is 48.2 Å². The van der Waals surface area contributed by atoms with E-state index >= 15 is 0 Å². The third-order valence-electron chi connectivity index (χ3n) is 4.95. The zero-order valence-corrected chi connectivity index (χ0v) is 20.0. The first-order valence-corrected chi connectivity index (χ1v) is 11.1. The van der Waals surface area contributed by atoms with E-state index in [0.717, 1.165) is 43.6 Å². The molecule has 2 aromatic rings. The lowest BCUT2D eigenvalue weighted by Crippen LogP contribution is -2.28. The summed E-state index contributed by atoms with van der Waals surface area (Å²) in [6, 6.07) is 11.4. The van der Waals surface area contributed by atoms with Crippen LogP contribution in [-0.2, 0) is 17.9 Å². The van der Waals surface area contributed by atoms with E-state index in [1.165, 1.54) is 0 Å². The van der Waals surface area contributed by atoms with E-state index in [-0.39, 0.29) is 18.3 Å². The maximum Gasteiger partial charge on any atom is 0.222 e. The molecule has 1 amide bonds. The van der Waals surface area contributed by atoms with Crippen LogP contribution in [0.15, 0.2) is 36.4 Å². The number of benzene rings is 2. The molecule has 0 saturated carbocycles. The summed E-state index contributed by atoms with van der Waals surface area (Å²) in [5.41, 5.74) is 2.03. The van der Waals surface area contributed by atoms with Crippen molar-refractivity contribution in [2.45, 2.75) is 39.3 Å². The number of rotatable bonds is 11. The smallest absolute Gasteiger partial charge is 0.222 e. The van der Waals surface area contributed by atoms with Crippen molar-refractivity contribution in [2.75, 3.05) is 26.2 Å². The van der Waals surface area contributed by atoms with Crippen molar-refractivity contribution in [3.63, 3.8) is 0 Å². The Morgan fingerprint density at radius 2 is 1.87 bits per heavy atom. The second-order valence-electron chi connectivity index (χ2n) is 7.27. The van der Waals surface area contributed by atoms with Gasteiger partial charge in [0.05, 0.1) is 11.6 Å². The molecule has 8 heteroatoms. The van der Waals surface area contributed by atoms with Crippen molar-refractivity contribution < 1.29 is 14.3 Å². The standard InChI is InChI=1S/C23H28Cl2N2O3.ClH/c1-2-29-21-14-18(15-26-10-4-12-27-11-3-5-22(27)28)13-20(25)23(21)30-16-17-6-8-19(24)9-7-17;/h6-9,13-14,26H,2-5,10-12,15-16H2,1H3;1H. The Labute approximate surface area is 200 Å². The van der Waals surface area contributed by atoms with Crippen molar-refractivity contribution in [1.29, 1.82) is 0 Å². The number of ether oxygens (including phenoxy) is 2. The maximum atomic E-state index is 11.6. The van der Waals surface area contributed by atoms with Crippen LogP contribution in [-0.4, -0.2) is 37.0 Å². The summed E-state index contributed by atoms with van der Waals surface area (Å²) in [6.07, 6.45) is 2.61. The number of amides is 1. The van der Waals surface area contributed by atoms with Gasteiger partial charge in [-0.05, 0) is 61.7 Å². The Morgan fingerprint density at radius 1 is 1.10 bits per heavy atom. The fourth-order valence-electron chi connectivity index (χ4n) is 3.43. The van der Waals surface area contributed by atoms with Gasteiger partial charge in [0.15, 0.2) is 11.5 Å². The molecule has 3 rings (SSSR count). The molecule has 0 aromatic heterocycles. The highest BCUT2D eigenvalue weighted by molar-refractivity contribution is 6.32. The van der Waals surface area contributed by atoms with Crippen LogP contribution in [0, 0.1) is 0 Å². The van der Waals surface area contributed by atoms with Crippen molar-refractivity contribution >= 4 is 41.5 Å². The van der Waals surface area contributed by atoms with Crippen LogP contribution in [0.25, 0.3) is 0 Å². The van der Waals surface area contributed by atoms with Crippen LogP contribution in [0.5, 0.6) is 11.5 Å². The molecule has 5 nitrogen and oxygen atoms in total. The Kier molecular flexibility index (Phi) is 10.7. The summed E-state index contributed by atoms with van der Waals surface area (Å²) < 4.78 is 11.7. The molecule has 1 saturated heterocycles. The fourth-order valence-corrected chi connectivity index (χ4v) is 3.84. The molecule has 1 N–H and O–H groups in total. The predicted molar refractivity (Wildman–Crippen MR) is 128 cm³/mol. The first-order valence-electron chi connectivity index (χ1n) is 10.4. The molecule has 1 aliphatic rings. The van der Waals surface area contributed by atoms with Crippen LogP contribution in [0.1, 0.15) is 37.3 Å². The zero-order chi connectivity index (χ0) is 21.3. The molecule has 0 bridgehead atoms. The van der Waals surface area contributed by atoms with Gasteiger partial charge < -0.3 is 19.7 Å². The molecule has 2 aromatic carbocycles. The number of nitrogens with zero attached hydrogens (tertiary/aromatic N) is 1. The third-order valence-corrected chi connectivity index (χ3v) is 5.48. The molecule has 1 aliphatic heterocycles. The summed E-state index contributed by atoms with van der Waals surface area (Å²) >= 11 is 12.4. The molecule has 0 radical (unpaired) electrons. The molecule has 1 heterocycles. The largest absolute Gasteiger partial charge is 0.490 e. The topological polar surface area (TPSA) is 50.8 Å². The van der Waals surface area contributed by atoms with E-state index in [9.17, 15) is 4.79 Å². The number of carbonyl (C=O) groups is 1. The van der Waals surface area contributed by atoms with Crippen LogP contribution >= 0.6 is 35.6 Å². The molecule has 0 spiro atoms. The van der Waals surface area contributed by atoms with Gasteiger partial charge in [-0.25, -0.2) is 0 Å². The van der Waals surface area contributed by atoms with Gasteiger partial charge in [-0.2, -0.15) is 0 Å². The highest BCUT2D eigenvalue weighted by atomic mass is 35.5. The van der Waals surface area contributed by atoms with E-state index in [4.69, 9.17) is 32.7 Å². The number of hydrogen-bond donors (Lipinski definition) is 1. The normalized spacial score (nSPS) is 13.3. The SMILES string of the molecule is CCOc1cc(CNCCCN2CCCC2=O)cc(Cl)c1OCc1ccc(Cl)cc1.Cl. The molecule has 31 heavy (non-hydrogen) atoms. The van der Waals surface area contributed by atoms with Crippen molar-refractivity contribution in [1.82, 2.24) is 10.2 Å². The van der Waals surface area contributed by atoms with E-state index in [0.29, 0.717) is 47.7 Å². The fraction of sp³-hybridized carbons (Fsp3) is 0.435. The second-order valence-corrected chi connectivity index (χ2v) is 8.11. The molecule has 0 aliphatic carbocycles. The van der Waals surface area contributed by atoms with E-state index < -0.39 is 0 Å². The Balaban J connectivity index is 0.00000341. The second kappa shape index (κ2) is 13.0.